The lowest BCUT2D eigenvalue weighted by Crippen LogP contribution is -2.33. The molecule has 1 atom stereocenters. The van der Waals surface area contributed by atoms with Crippen molar-refractivity contribution in [3.63, 3.8) is 0 Å². The highest BCUT2D eigenvalue weighted by Gasteiger charge is 2.31. The summed E-state index contributed by atoms with van der Waals surface area (Å²) in [5, 5.41) is 10.8. The Balaban J connectivity index is 2.08. The van der Waals surface area contributed by atoms with Crippen LogP contribution in [0, 0.1) is 5.92 Å². The zero-order valence-electron chi connectivity index (χ0n) is 10.4. The Bertz CT molecular complexity index is 495. The molecular formula is C14H14NO4-. The van der Waals surface area contributed by atoms with E-state index in [1.54, 1.807) is 30.3 Å². The first-order valence-electron chi connectivity index (χ1n) is 5.97. The molecule has 1 saturated heterocycles. The molecule has 1 aliphatic rings. The first kappa shape index (κ1) is 13.1. The van der Waals surface area contributed by atoms with Gasteiger partial charge in [-0.15, -0.1) is 0 Å². The average Bonchev–Trinajstić information content (AvgIpc) is 2.79. The first-order valence-corrected chi connectivity index (χ1v) is 5.97. The number of carboxylic acids is 1. The van der Waals surface area contributed by atoms with Crippen molar-refractivity contribution in [3.05, 3.63) is 36.9 Å². The summed E-state index contributed by atoms with van der Waals surface area (Å²) in [6.07, 6.45) is 1.64. The lowest BCUT2D eigenvalue weighted by Gasteiger charge is -2.17. The monoisotopic (exact) mass is 260 g/mol. The predicted octanol–water partition coefficient (Wildman–Crippen LogP) is 0.354. The summed E-state index contributed by atoms with van der Waals surface area (Å²) < 4.78 is 5.33. The molecule has 5 nitrogen and oxygen atoms in total. The molecular weight excluding hydrogens is 246 g/mol. The van der Waals surface area contributed by atoms with Crippen LogP contribution in [0.3, 0.4) is 0 Å². The number of ether oxygens (including phenoxy) is 1. The number of hydrogen-bond donors (Lipinski definition) is 0. The second kappa shape index (κ2) is 5.56. The number of aliphatic carboxylic acids is 1. The molecule has 1 aromatic carbocycles. The Morgan fingerprint density at radius 2 is 2.16 bits per heavy atom. The van der Waals surface area contributed by atoms with Crippen molar-refractivity contribution in [2.45, 2.75) is 6.42 Å². The van der Waals surface area contributed by atoms with E-state index in [0.29, 0.717) is 18.0 Å². The van der Waals surface area contributed by atoms with Gasteiger partial charge in [0.25, 0.3) is 0 Å². The summed E-state index contributed by atoms with van der Waals surface area (Å²) in [7, 11) is 0. The lowest BCUT2D eigenvalue weighted by atomic mass is 10.1. The Labute approximate surface area is 111 Å². The van der Waals surface area contributed by atoms with Gasteiger partial charge in [0.05, 0.1) is 0 Å². The highest BCUT2D eigenvalue weighted by molar-refractivity contribution is 5.98. The molecule has 1 aliphatic heterocycles. The lowest BCUT2D eigenvalue weighted by molar-refractivity contribution is -0.310. The Hall–Kier alpha value is -2.30. The number of rotatable bonds is 5. The number of carbonyl (C=O) groups excluding carboxylic acids is 2. The SMILES string of the molecule is C=CCOc1ccc(N2C[C@@H](C(=O)[O-])CC2=O)cc1. The van der Waals surface area contributed by atoms with Crippen molar-refractivity contribution < 1.29 is 19.4 Å². The van der Waals surface area contributed by atoms with Gasteiger partial charge in [-0.2, -0.15) is 0 Å². The number of hydrogen-bond acceptors (Lipinski definition) is 4. The van der Waals surface area contributed by atoms with Crippen molar-refractivity contribution >= 4 is 17.6 Å². The molecule has 1 amide bonds. The third-order valence-electron chi connectivity index (χ3n) is 2.97. The molecule has 1 heterocycles. The molecule has 0 radical (unpaired) electrons. The van der Waals surface area contributed by atoms with E-state index in [0.717, 1.165) is 0 Å². The van der Waals surface area contributed by atoms with Gasteiger partial charge in [0.15, 0.2) is 0 Å². The van der Waals surface area contributed by atoms with E-state index >= 15 is 0 Å². The van der Waals surface area contributed by atoms with E-state index in [1.807, 2.05) is 0 Å². The topological polar surface area (TPSA) is 69.7 Å². The molecule has 5 heteroatoms. The normalized spacial score (nSPS) is 18.4. The minimum atomic E-state index is -1.18. The summed E-state index contributed by atoms with van der Waals surface area (Å²) in [5.74, 6) is -1.44. The van der Waals surface area contributed by atoms with Crippen molar-refractivity contribution in [1.29, 1.82) is 0 Å². The van der Waals surface area contributed by atoms with E-state index in [1.165, 1.54) is 4.90 Å². The maximum absolute atomic E-state index is 11.7. The number of benzene rings is 1. The molecule has 0 aliphatic carbocycles. The van der Waals surface area contributed by atoms with Gasteiger partial charge in [0, 0.05) is 30.5 Å². The minimum absolute atomic E-state index is 0.00293. The molecule has 0 bridgehead atoms. The van der Waals surface area contributed by atoms with Gasteiger partial charge in [0.2, 0.25) is 5.91 Å². The highest BCUT2D eigenvalue weighted by atomic mass is 16.5. The molecule has 0 spiro atoms. The van der Waals surface area contributed by atoms with Crippen LogP contribution in [0.25, 0.3) is 0 Å². The quantitative estimate of drug-likeness (QED) is 0.716. The van der Waals surface area contributed by atoms with E-state index in [9.17, 15) is 14.7 Å². The van der Waals surface area contributed by atoms with Crippen LogP contribution in [0.5, 0.6) is 5.75 Å². The van der Waals surface area contributed by atoms with Crippen LogP contribution < -0.4 is 14.7 Å². The summed E-state index contributed by atoms with van der Waals surface area (Å²) in [5.41, 5.74) is 0.666. The molecule has 0 N–H and O–H groups in total. The van der Waals surface area contributed by atoms with Crippen molar-refractivity contribution in [2.24, 2.45) is 5.92 Å². The van der Waals surface area contributed by atoms with Gasteiger partial charge in [0.1, 0.15) is 12.4 Å². The smallest absolute Gasteiger partial charge is 0.227 e. The molecule has 1 aromatic rings. The van der Waals surface area contributed by atoms with Gasteiger partial charge in [-0.3, -0.25) is 4.79 Å². The number of amides is 1. The van der Waals surface area contributed by atoms with Gasteiger partial charge in [-0.1, -0.05) is 12.7 Å². The van der Waals surface area contributed by atoms with Crippen LogP contribution in [-0.4, -0.2) is 25.0 Å². The van der Waals surface area contributed by atoms with Crippen molar-refractivity contribution in [2.75, 3.05) is 18.1 Å². The number of carboxylic acid groups (broad SMARTS) is 1. The molecule has 0 unspecified atom stereocenters. The fraction of sp³-hybridized carbons (Fsp3) is 0.286. The van der Waals surface area contributed by atoms with E-state index in [2.05, 4.69) is 6.58 Å². The Morgan fingerprint density at radius 3 is 2.68 bits per heavy atom. The molecule has 0 aromatic heterocycles. The van der Waals surface area contributed by atoms with Crippen molar-refractivity contribution in [1.82, 2.24) is 0 Å². The van der Waals surface area contributed by atoms with Crippen LogP contribution in [0.1, 0.15) is 6.42 Å². The fourth-order valence-corrected chi connectivity index (χ4v) is 1.99. The van der Waals surface area contributed by atoms with E-state index in [4.69, 9.17) is 4.74 Å². The zero-order valence-corrected chi connectivity index (χ0v) is 10.4. The fourth-order valence-electron chi connectivity index (χ4n) is 1.99. The number of carbonyl (C=O) groups is 2. The predicted molar refractivity (Wildman–Crippen MR) is 67.6 cm³/mol. The van der Waals surface area contributed by atoms with Gasteiger partial charge in [-0.05, 0) is 24.3 Å². The maximum atomic E-state index is 11.7. The van der Waals surface area contributed by atoms with E-state index < -0.39 is 11.9 Å². The average molecular weight is 260 g/mol. The molecule has 19 heavy (non-hydrogen) atoms. The van der Waals surface area contributed by atoms with Crippen LogP contribution in [-0.2, 0) is 9.59 Å². The van der Waals surface area contributed by atoms with Crippen LogP contribution in [0.15, 0.2) is 36.9 Å². The van der Waals surface area contributed by atoms with Gasteiger partial charge < -0.3 is 19.5 Å². The van der Waals surface area contributed by atoms with Gasteiger partial charge in [-0.25, -0.2) is 0 Å². The standard InChI is InChI=1S/C14H15NO4/c1-2-7-19-12-5-3-11(4-6-12)15-9-10(14(17)18)8-13(15)16/h2-6,10H,1,7-9H2,(H,17,18)/p-1/t10-/m0/s1. The summed E-state index contributed by atoms with van der Waals surface area (Å²) in [6, 6.07) is 6.93. The first-order chi connectivity index (χ1) is 9.11. The summed E-state index contributed by atoms with van der Waals surface area (Å²) in [4.78, 5) is 24.0. The molecule has 2 rings (SSSR count). The largest absolute Gasteiger partial charge is 0.550 e. The number of nitrogens with zero attached hydrogens (tertiary/aromatic N) is 1. The van der Waals surface area contributed by atoms with Crippen molar-refractivity contribution in [3.8, 4) is 5.75 Å². The number of anilines is 1. The summed E-state index contributed by atoms with van der Waals surface area (Å²) in [6.45, 7) is 4.12. The third-order valence-corrected chi connectivity index (χ3v) is 2.97. The molecule has 100 valence electrons. The van der Waals surface area contributed by atoms with E-state index in [-0.39, 0.29) is 18.9 Å². The third kappa shape index (κ3) is 2.93. The molecule has 1 fully saturated rings. The minimum Gasteiger partial charge on any atom is -0.550 e. The van der Waals surface area contributed by atoms with Crippen LogP contribution in [0.4, 0.5) is 5.69 Å². The summed E-state index contributed by atoms with van der Waals surface area (Å²) >= 11 is 0. The van der Waals surface area contributed by atoms with Gasteiger partial charge >= 0.3 is 0 Å². The highest BCUT2D eigenvalue weighted by Crippen LogP contribution is 2.26. The second-order valence-corrected chi connectivity index (χ2v) is 4.32. The second-order valence-electron chi connectivity index (χ2n) is 4.32. The Kier molecular flexibility index (Phi) is 3.85. The molecule has 0 saturated carbocycles. The van der Waals surface area contributed by atoms with Crippen LogP contribution in [0.2, 0.25) is 0 Å². The zero-order chi connectivity index (χ0) is 13.8. The van der Waals surface area contributed by atoms with Crippen LogP contribution >= 0.6 is 0 Å². The Morgan fingerprint density at radius 1 is 1.47 bits per heavy atom. The maximum Gasteiger partial charge on any atom is 0.227 e.